The van der Waals surface area contributed by atoms with Crippen LogP contribution in [0.1, 0.15) is 12.8 Å². The molecule has 1 aliphatic heterocycles. The summed E-state index contributed by atoms with van der Waals surface area (Å²) in [5.41, 5.74) is 0. The molecule has 1 fully saturated rings. The minimum absolute atomic E-state index is 0. The molecule has 0 bridgehead atoms. The topological polar surface area (TPSA) is 12.0 Å². The van der Waals surface area contributed by atoms with E-state index in [1.807, 2.05) is 0 Å². The van der Waals surface area contributed by atoms with Crippen LogP contribution in [0.2, 0.25) is 0 Å². The first-order valence-corrected chi connectivity index (χ1v) is 3.46. The standard InChI is InChI=1S/C6H9F4N.ClH/c7-4-2-1-3-11-5(4)6(8,9)10;/h4-5,11H,1-3H2;1H. The number of hydrogen-bond donors (Lipinski definition) is 1. The molecule has 0 amide bonds. The number of alkyl halides is 4. The van der Waals surface area contributed by atoms with Gasteiger partial charge in [-0.2, -0.15) is 13.2 Å². The Bertz CT molecular complexity index is 138. The van der Waals surface area contributed by atoms with Crippen molar-refractivity contribution in [2.45, 2.75) is 31.2 Å². The molecule has 1 nitrogen and oxygen atoms in total. The monoisotopic (exact) mass is 207 g/mol. The number of halogens is 5. The fourth-order valence-corrected chi connectivity index (χ4v) is 1.17. The maximum atomic E-state index is 12.6. The van der Waals surface area contributed by atoms with Crippen LogP contribution in [0, 0.1) is 0 Å². The lowest BCUT2D eigenvalue weighted by Gasteiger charge is -2.28. The molecule has 0 aromatic heterocycles. The average Bonchev–Trinajstić information content (AvgIpc) is 1.86. The Morgan fingerprint density at radius 2 is 1.83 bits per heavy atom. The lowest BCUT2D eigenvalue weighted by atomic mass is 10.0. The second-order valence-corrected chi connectivity index (χ2v) is 2.63. The zero-order chi connectivity index (χ0) is 8.48. The lowest BCUT2D eigenvalue weighted by Crippen LogP contribution is -2.52. The molecule has 0 saturated carbocycles. The zero-order valence-electron chi connectivity index (χ0n) is 6.20. The van der Waals surface area contributed by atoms with E-state index in [1.165, 1.54) is 0 Å². The van der Waals surface area contributed by atoms with E-state index in [4.69, 9.17) is 0 Å². The van der Waals surface area contributed by atoms with Gasteiger partial charge in [0.15, 0.2) is 0 Å². The highest BCUT2D eigenvalue weighted by Crippen LogP contribution is 2.27. The van der Waals surface area contributed by atoms with E-state index in [9.17, 15) is 17.6 Å². The predicted molar refractivity (Wildman–Crippen MR) is 39.2 cm³/mol. The highest BCUT2D eigenvalue weighted by molar-refractivity contribution is 5.85. The molecule has 2 unspecified atom stereocenters. The van der Waals surface area contributed by atoms with Crippen molar-refractivity contribution in [3.63, 3.8) is 0 Å². The Kier molecular flexibility index (Phi) is 4.26. The molecular weight excluding hydrogens is 198 g/mol. The highest BCUT2D eigenvalue weighted by Gasteiger charge is 2.45. The number of rotatable bonds is 0. The van der Waals surface area contributed by atoms with E-state index in [2.05, 4.69) is 5.32 Å². The van der Waals surface area contributed by atoms with E-state index in [-0.39, 0.29) is 25.4 Å². The second-order valence-electron chi connectivity index (χ2n) is 2.63. The van der Waals surface area contributed by atoms with Gasteiger partial charge in [-0.1, -0.05) is 0 Å². The Morgan fingerprint density at radius 3 is 2.17 bits per heavy atom. The summed E-state index contributed by atoms with van der Waals surface area (Å²) in [4.78, 5) is 0. The van der Waals surface area contributed by atoms with Crippen LogP contribution in [0.4, 0.5) is 17.6 Å². The number of piperidine rings is 1. The van der Waals surface area contributed by atoms with Crippen molar-refractivity contribution in [2.24, 2.45) is 0 Å². The molecule has 0 aromatic rings. The number of hydrogen-bond acceptors (Lipinski definition) is 1. The van der Waals surface area contributed by atoms with Gasteiger partial charge in [0.05, 0.1) is 0 Å². The Balaban J connectivity index is 0.00000121. The molecule has 0 radical (unpaired) electrons. The van der Waals surface area contributed by atoms with Crippen molar-refractivity contribution in [2.75, 3.05) is 6.54 Å². The van der Waals surface area contributed by atoms with Gasteiger partial charge in [-0.25, -0.2) is 4.39 Å². The normalized spacial score (nSPS) is 31.0. The van der Waals surface area contributed by atoms with Crippen molar-refractivity contribution in [1.29, 1.82) is 0 Å². The summed E-state index contributed by atoms with van der Waals surface area (Å²) in [6, 6.07) is -1.95. The van der Waals surface area contributed by atoms with Crippen molar-refractivity contribution >= 4 is 12.4 Å². The summed E-state index contributed by atoms with van der Waals surface area (Å²) in [6.07, 6.45) is -5.73. The SMILES string of the molecule is Cl.FC1CCCNC1C(F)(F)F. The van der Waals surface area contributed by atoms with E-state index in [0.29, 0.717) is 6.42 Å². The van der Waals surface area contributed by atoms with Gasteiger partial charge in [0.2, 0.25) is 0 Å². The smallest absolute Gasteiger partial charge is 0.304 e. The summed E-state index contributed by atoms with van der Waals surface area (Å²) in [5, 5.41) is 2.11. The molecule has 2 atom stereocenters. The lowest BCUT2D eigenvalue weighted by molar-refractivity contribution is -0.174. The Morgan fingerprint density at radius 1 is 1.25 bits per heavy atom. The quantitative estimate of drug-likeness (QED) is 0.600. The van der Waals surface area contributed by atoms with E-state index < -0.39 is 18.4 Å². The van der Waals surface area contributed by atoms with E-state index >= 15 is 0 Å². The average molecular weight is 208 g/mol. The third-order valence-corrected chi connectivity index (χ3v) is 1.74. The van der Waals surface area contributed by atoms with Gasteiger partial charge >= 0.3 is 6.18 Å². The van der Waals surface area contributed by atoms with Gasteiger partial charge in [0.1, 0.15) is 12.2 Å². The Labute approximate surface area is 73.9 Å². The van der Waals surface area contributed by atoms with E-state index in [1.54, 1.807) is 0 Å². The number of nitrogens with one attached hydrogen (secondary N) is 1. The summed E-state index contributed by atoms with van der Waals surface area (Å²) in [7, 11) is 0. The van der Waals surface area contributed by atoms with Gasteiger partial charge in [-0.3, -0.25) is 0 Å². The van der Waals surface area contributed by atoms with Crippen LogP contribution >= 0.6 is 12.4 Å². The third-order valence-electron chi connectivity index (χ3n) is 1.74. The maximum absolute atomic E-state index is 12.6. The first-order valence-electron chi connectivity index (χ1n) is 3.46. The molecule has 1 aliphatic rings. The molecule has 0 aromatic carbocycles. The van der Waals surface area contributed by atoms with Crippen LogP contribution < -0.4 is 5.32 Å². The minimum atomic E-state index is -4.44. The molecule has 0 spiro atoms. The van der Waals surface area contributed by atoms with Crippen LogP contribution in [0.5, 0.6) is 0 Å². The summed E-state index contributed by atoms with van der Waals surface area (Å²) in [5.74, 6) is 0. The minimum Gasteiger partial charge on any atom is -0.304 e. The molecule has 12 heavy (non-hydrogen) atoms. The molecule has 1 heterocycles. The Hall–Kier alpha value is -0.0300. The van der Waals surface area contributed by atoms with Crippen LogP contribution in [0.15, 0.2) is 0 Å². The highest BCUT2D eigenvalue weighted by atomic mass is 35.5. The van der Waals surface area contributed by atoms with Gasteiger partial charge in [-0.05, 0) is 19.4 Å². The molecular formula is C6H10ClF4N. The van der Waals surface area contributed by atoms with Crippen molar-refractivity contribution < 1.29 is 17.6 Å². The van der Waals surface area contributed by atoms with Gasteiger partial charge in [-0.15, -0.1) is 12.4 Å². The van der Waals surface area contributed by atoms with Crippen LogP contribution in [-0.2, 0) is 0 Å². The summed E-state index contributed by atoms with van der Waals surface area (Å²) < 4.78 is 48.2. The van der Waals surface area contributed by atoms with Gasteiger partial charge < -0.3 is 5.32 Å². The van der Waals surface area contributed by atoms with E-state index in [0.717, 1.165) is 0 Å². The van der Waals surface area contributed by atoms with Gasteiger partial charge in [0.25, 0.3) is 0 Å². The van der Waals surface area contributed by atoms with Crippen LogP contribution in [0.25, 0.3) is 0 Å². The molecule has 1 saturated heterocycles. The van der Waals surface area contributed by atoms with Crippen LogP contribution in [0.3, 0.4) is 0 Å². The first kappa shape index (κ1) is 12.0. The maximum Gasteiger partial charge on any atom is 0.406 e. The fourth-order valence-electron chi connectivity index (χ4n) is 1.17. The van der Waals surface area contributed by atoms with Gasteiger partial charge in [0, 0.05) is 0 Å². The second kappa shape index (κ2) is 4.28. The molecule has 0 aliphatic carbocycles. The molecule has 6 heteroatoms. The van der Waals surface area contributed by atoms with Crippen LogP contribution in [-0.4, -0.2) is 24.9 Å². The van der Waals surface area contributed by atoms with Crippen molar-refractivity contribution in [3.05, 3.63) is 0 Å². The molecule has 1 rings (SSSR count). The predicted octanol–water partition coefficient (Wildman–Crippen LogP) is 2.06. The zero-order valence-corrected chi connectivity index (χ0v) is 7.01. The van der Waals surface area contributed by atoms with Crippen molar-refractivity contribution in [1.82, 2.24) is 5.32 Å². The largest absolute Gasteiger partial charge is 0.406 e. The third kappa shape index (κ3) is 2.79. The van der Waals surface area contributed by atoms with Crippen molar-refractivity contribution in [3.8, 4) is 0 Å². The fraction of sp³-hybridized carbons (Fsp3) is 1.00. The summed E-state index contributed by atoms with van der Waals surface area (Å²) in [6.45, 7) is 0.255. The summed E-state index contributed by atoms with van der Waals surface area (Å²) >= 11 is 0. The molecule has 74 valence electrons. The molecule has 1 N–H and O–H groups in total. The first-order chi connectivity index (χ1) is 5.02.